The lowest BCUT2D eigenvalue weighted by Crippen LogP contribution is -2.52. The zero-order valence-electron chi connectivity index (χ0n) is 13.6. The summed E-state index contributed by atoms with van der Waals surface area (Å²) in [5.74, 6) is 1.98. The summed E-state index contributed by atoms with van der Waals surface area (Å²) in [4.78, 5) is 17.0. The van der Waals surface area contributed by atoms with E-state index in [2.05, 4.69) is 11.8 Å². The Labute approximate surface area is 133 Å². The number of methoxy groups -OCH3 is 1. The Morgan fingerprint density at radius 3 is 2.36 bits per heavy atom. The number of benzene rings is 1. The maximum absolute atomic E-state index is 12.4. The van der Waals surface area contributed by atoms with Crippen molar-refractivity contribution in [1.82, 2.24) is 9.80 Å². The van der Waals surface area contributed by atoms with Gasteiger partial charge in [0.25, 0.3) is 0 Å². The molecule has 0 spiro atoms. The Kier molecular flexibility index (Phi) is 4.67. The molecule has 1 saturated carbocycles. The summed E-state index contributed by atoms with van der Waals surface area (Å²) in [5.41, 5.74) is 1.06. The molecule has 1 aliphatic carbocycles. The lowest BCUT2D eigenvalue weighted by Gasteiger charge is -2.38. The first-order valence-corrected chi connectivity index (χ1v) is 8.32. The summed E-state index contributed by atoms with van der Waals surface area (Å²) >= 11 is 0. The highest BCUT2D eigenvalue weighted by atomic mass is 16.5. The van der Waals surface area contributed by atoms with E-state index in [1.165, 1.54) is 12.8 Å². The third kappa shape index (κ3) is 3.61. The predicted molar refractivity (Wildman–Crippen MR) is 87.0 cm³/mol. The predicted octanol–water partition coefficient (Wildman–Crippen LogP) is 2.18. The Morgan fingerprint density at radius 1 is 1.18 bits per heavy atom. The maximum Gasteiger partial charge on any atom is 0.227 e. The number of carbonyl (C=O) groups excluding carboxylic acids is 1. The molecular weight excluding hydrogens is 276 g/mol. The third-order valence-electron chi connectivity index (χ3n) is 5.06. The highest BCUT2D eigenvalue weighted by molar-refractivity contribution is 5.79. The van der Waals surface area contributed by atoms with E-state index in [9.17, 15) is 4.79 Å². The van der Waals surface area contributed by atoms with Crippen molar-refractivity contribution in [3.05, 3.63) is 29.8 Å². The van der Waals surface area contributed by atoms with Crippen LogP contribution in [0.5, 0.6) is 5.75 Å². The minimum atomic E-state index is 0.240. The van der Waals surface area contributed by atoms with E-state index in [-0.39, 0.29) is 5.91 Å². The van der Waals surface area contributed by atoms with E-state index in [1.807, 2.05) is 29.2 Å². The molecule has 1 aliphatic heterocycles. The van der Waals surface area contributed by atoms with Crippen LogP contribution in [0.25, 0.3) is 0 Å². The van der Waals surface area contributed by atoms with Gasteiger partial charge in [0, 0.05) is 32.2 Å². The second-order valence-electron chi connectivity index (χ2n) is 6.52. The van der Waals surface area contributed by atoms with Gasteiger partial charge in [-0.15, -0.1) is 0 Å². The fourth-order valence-corrected chi connectivity index (χ4v) is 3.29. The molecule has 1 aromatic rings. The topological polar surface area (TPSA) is 32.8 Å². The largest absolute Gasteiger partial charge is 0.497 e. The van der Waals surface area contributed by atoms with E-state index in [1.54, 1.807) is 7.11 Å². The maximum atomic E-state index is 12.4. The molecule has 1 atom stereocenters. The van der Waals surface area contributed by atoms with Gasteiger partial charge in [-0.05, 0) is 43.4 Å². The summed E-state index contributed by atoms with van der Waals surface area (Å²) in [7, 11) is 1.66. The van der Waals surface area contributed by atoms with Gasteiger partial charge in [0.2, 0.25) is 5.91 Å². The highest BCUT2D eigenvalue weighted by Crippen LogP contribution is 2.35. The van der Waals surface area contributed by atoms with Crippen molar-refractivity contribution in [2.24, 2.45) is 5.92 Å². The van der Waals surface area contributed by atoms with Crippen LogP contribution < -0.4 is 4.74 Å². The number of ether oxygens (including phenoxy) is 1. The number of hydrogen-bond acceptors (Lipinski definition) is 3. The molecule has 0 bridgehead atoms. The van der Waals surface area contributed by atoms with E-state index in [4.69, 9.17) is 4.74 Å². The SMILES string of the molecule is COc1ccc(CC(=O)N2CCN(C(C)C3CC3)CC2)cc1. The van der Waals surface area contributed by atoms with Crippen LogP contribution >= 0.6 is 0 Å². The fraction of sp³-hybridized carbons (Fsp3) is 0.611. The first kappa shape index (κ1) is 15.3. The van der Waals surface area contributed by atoms with Gasteiger partial charge in [0.1, 0.15) is 5.75 Å². The molecule has 3 rings (SSSR count). The molecule has 0 aromatic heterocycles. The summed E-state index contributed by atoms with van der Waals surface area (Å²) in [6, 6.07) is 8.47. The standard InChI is InChI=1S/C18H26N2O2/c1-14(16-5-6-16)19-9-11-20(12-10-19)18(21)13-15-3-7-17(22-2)8-4-15/h3-4,7-8,14,16H,5-6,9-13H2,1-2H3. The van der Waals surface area contributed by atoms with Crippen molar-refractivity contribution in [2.75, 3.05) is 33.3 Å². The average Bonchev–Trinajstić information content (AvgIpc) is 3.40. The van der Waals surface area contributed by atoms with E-state index < -0.39 is 0 Å². The van der Waals surface area contributed by atoms with E-state index >= 15 is 0 Å². The van der Waals surface area contributed by atoms with Crippen molar-refractivity contribution < 1.29 is 9.53 Å². The smallest absolute Gasteiger partial charge is 0.227 e. The van der Waals surface area contributed by atoms with Crippen LogP contribution in [0.1, 0.15) is 25.3 Å². The van der Waals surface area contributed by atoms with Gasteiger partial charge in [0.05, 0.1) is 13.5 Å². The number of piperazine rings is 1. The van der Waals surface area contributed by atoms with Crippen LogP contribution in [0.2, 0.25) is 0 Å². The normalized spacial score (nSPS) is 20.7. The lowest BCUT2D eigenvalue weighted by atomic mass is 10.1. The molecular formula is C18H26N2O2. The molecule has 1 saturated heterocycles. The summed E-state index contributed by atoms with van der Waals surface area (Å²) < 4.78 is 5.15. The van der Waals surface area contributed by atoms with Gasteiger partial charge in [0.15, 0.2) is 0 Å². The molecule has 2 fully saturated rings. The monoisotopic (exact) mass is 302 g/mol. The van der Waals surface area contributed by atoms with Crippen LogP contribution in [0.3, 0.4) is 0 Å². The van der Waals surface area contributed by atoms with E-state index in [0.717, 1.165) is 43.4 Å². The first-order valence-electron chi connectivity index (χ1n) is 8.32. The van der Waals surface area contributed by atoms with Crippen molar-refractivity contribution in [3.8, 4) is 5.75 Å². The minimum absolute atomic E-state index is 0.240. The number of amides is 1. The second kappa shape index (κ2) is 6.69. The number of nitrogens with zero attached hydrogens (tertiary/aromatic N) is 2. The molecule has 1 aromatic carbocycles. The van der Waals surface area contributed by atoms with Gasteiger partial charge in [-0.3, -0.25) is 9.69 Å². The third-order valence-corrected chi connectivity index (χ3v) is 5.06. The molecule has 1 heterocycles. The molecule has 1 unspecified atom stereocenters. The number of carbonyl (C=O) groups is 1. The van der Waals surface area contributed by atoms with Crippen molar-refractivity contribution in [2.45, 2.75) is 32.2 Å². The molecule has 4 nitrogen and oxygen atoms in total. The van der Waals surface area contributed by atoms with Crippen LogP contribution in [0.4, 0.5) is 0 Å². The molecule has 1 amide bonds. The van der Waals surface area contributed by atoms with Crippen molar-refractivity contribution >= 4 is 5.91 Å². The van der Waals surface area contributed by atoms with Gasteiger partial charge < -0.3 is 9.64 Å². The number of hydrogen-bond donors (Lipinski definition) is 0. The average molecular weight is 302 g/mol. The van der Waals surface area contributed by atoms with E-state index in [0.29, 0.717) is 12.5 Å². The van der Waals surface area contributed by atoms with Crippen LogP contribution in [-0.2, 0) is 11.2 Å². The van der Waals surface area contributed by atoms with Crippen molar-refractivity contribution in [1.29, 1.82) is 0 Å². The summed E-state index contributed by atoms with van der Waals surface area (Å²) in [5, 5.41) is 0. The van der Waals surface area contributed by atoms with Crippen molar-refractivity contribution in [3.63, 3.8) is 0 Å². The molecule has 120 valence electrons. The van der Waals surface area contributed by atoms with Gasteiger partial charge >= 0.3 is 0 Å². The zero-order chi connectivity index (χ0) is 15.5. The first-order chi connectivity index (χ1) is 10.7. The Balaban J connectivity index is 1.48. The Hall–Kier alpha value is -1.55. The van der Waals surface area contributed by atoms with Crippen LogP contribution in [-0.4, -0.2) is 55.0 Å². The van der Waals surface area contributed by atoms with Gasteiger partial charge in [-0.25, -0.2) is 0 Å². The quantitative estimate of drug-likeness (QED) is 0.836. The zero-order valence-corrected chi connectivity index (χ0v) is 13.6. The molecule has 2 aliphatic rings. The molecule has 4 heteroatoms. The molecule has 22 heavy (non-hydrogen) atoms. The van der Waals surface area contributed by atoms with Gasteiger partial charge in [-0.1, -0.05) is 12.1 Å². The number of rotatable bonds is 5. The van der Waals surface area contributed by atoms with Gasteiger partial charge in [-0.2, -0.15) is 0 Å². The Bertz CT molecular complexity index is 502. The lowest BCUT2D eigenvalue weighted by molar-refractivity contribution is -0.132. The summed E-state index contributed by atoms with van der Waals surface area (Å²) in [6.45, 7) is 6.11. The molecule has 0 radical (unpaired) electrons. The fourth-order valence-electron chi connectivity index (χ4n) is 3.29. The molecule has 0 N–H and O–H groups in total. The highest BCUT2D eigenvalue weighted by Gasteiger charge is 2.33. The van der Waals surface area contributed by atoms with Crippen LogP contribution in [0.15, 0.2) is 24.3 Å². The second-order valence-corrected chi connectivity index (χ2v) is 6.52. The Morgan fingerprint density at radius 2 is 1.82 bits per heavy atom. The van der Waals surface area contributed by atoms with Crippen LogP contribution in [0, 0.1) is 5.92 Å². The minimum Gasteiger partial charge on any atom is -0.497 e. The summed E-state index contributed by atoms with van der Waals surface area (Å²) in [6.07, 6.45) is 3.26.